The Morgan fingerprint density at radius 2 is 1.61 bits per heavy atom. The van der Waals surface area contributed by atoms with Crippen LogP contribution in [0.2, 0.25) is 10.0 Å². The number of hydrogen-bond acceptors (Lipinski definition) is 3. The second kappa shape index (κ2) is 11.7. The van der Waals surface area contributed by atoms with Gasteiger partial charge in [0.25, 0.3) is 11.8 Å². The summed E-state index contributed by atoms with van der Waals surface area (Å²) in [6.07, 6.45) is 0.407. The van der Waals surface area contributed by atoms with Crippen molar-refractivity contribution in [2.75, 3.05) is 13.1 Å². The predicted molar refractivity (Wildman–Crippen MR) is 119 cm³/mol. The molecule has 3 N–H and O–H groups in total. The zero-order valence-corrected chi connectivity index (χ0v) is 18.7. The molecule has 2 aromatic carbocycles. The van der Waals surface area contributed by atoms with Gasteiger partial charge in [-0.05, 0) is 42.7 Å². The molecule has 0 aromatic heterocycles. The highest BCUT2D eigenvalue weighted by atomic mass is 35.5. The molecule has 1 atom stereocenters. The number of benzene rings is 2. The van der Waals surface area contributed by atoms with E-state index in [0.717, 1.165) is 0 Å². The summed E-state index contributed by atoms with van der Waals surface area (Å²) in [5.74, 6) is -1.94. The fraction of sp³-hybridized carbons (Fsp3) is 0.318. The van der Waals surface area contributed by atoms with Crippen molar-refractivity contribution in [3.63, 3.8) is 0 Å². The lowest BCUT2D eigenvalue weighted by atomic mass is 10.0. The van der Waals surface area contributed by atoms with Crippen molar-refractivity contribution in [2.45, 2.75) is 26.3 Å². The highest BCUT2D eigenvalue weighted by molar-refractivity contribution is 6.36. The summed E-state index contributed by atoms with van der Waals surface area (Å²) in [6.45, 7) is 4.07. The predicted octanol–water partition coefficient (Wildman–Crippen LogP) is 3.82. The first-order valence-electron chi connectivity index (χ1n) is 9.75. The van der Waals surface area contributed by atoms with Crippen LogP contribution in [-0.2, 0) is 4.79 Å². The summed E-state index contributed by atoms with van der Waals surface area (Å²) in [4.78, 5) is 37.2. The second-order valence-electron chi connectivity index (χ2n) is 7.31. The molecule has 0 aliphatic heterocycles. The van der Waals surface area contributed by atoms with Crippen LogP contribution >= 0.6 is 23.2 Å². The van der Waals surface area contributed by atoms with E-state index in [1.165, 1.54) is 36.4 Å². The minimum absolute atomic E-state index is 0.0707. The van der Waals surface area contributed by atoms with Gasteiger partial charge in [-0.2, -0.15) is 0 Å². The Morgan fingerprint density at radius 1 is 0.935 bits per heavy atom. The van der Waals surface area contributed by atoms with E-state index in [4.69, 9.17) is 23.2 Å². The molecule has 0 spiro atoms. The minimum atomic E-state index is -0.790. The summed E-state index contributed by atoms with van der Waals surface area (Å²) < 4.78 is 13.6. The monoisotopic (exact) mass is 467 g/mol. The third kappa shape index (κ3) is 7.52. The molecule has 0 aliphatic rings. The van der Waals surface area contributed by atoms with E-state index in [1.807, 2.05) is 13.8 Å². The van der Waals surface area contributed by atoms with Crippen LogP contribution in [0.5, 0.6) is 0 Å². The molecule has 0 fully saturated rings. The standard InChI is InChI=1S/C22H24Cl2FN3O3/c1-13(2)11-19(28-21(30)15-8-7-14(23)12-17(15)24)22(31)27-10-9-26-20(29)16-5-3-4-6-18(16)25/h3-8,12-13,19H,9-11H2,1-2H3,(H,26,29)(H,27,31)(H,28,30). The normalized spacial score (nSPS) is 11.7. The lowest BCUT2D eigenvalue weighted by Gasteiger charge is -2.20. The highest BCUT2D eigenvalue weighted by Crippen LogP contribution is 2.21. The maximum absolute atomic E-state index is 13.6. The van der Waals surface area contributed by atoms with Crippen LogP contribution in [0.4, 0.5) is 4.39 Å². The molecular weight excluding hydrogens is 444 g/mol. The number of nitrogens with one attached hydrogen (secondary N) is 3. The molecule has 2 aromatic rings. The maximum atomic E-state index is 13.6. The van der Waals surface area contributed by atoms with Crippen molar-refractivity contribution in [3.05, 3.63) is 69.5 Å². The van der Waals surface area contributed by atoms with Crippen molar-refractivity contribution >= 4 is 40.9 Å². The summed E-state index contributed by atoms with van der Waals surface area (Å²) in [5, 5.41) is 8.49. The molecule has 6 nitrogen and oxygen atoms in total. The van der Waals surface area contributed by atoms with Gasteiger partial charge in [0.2, 0.25) is 5.91 Å². The van der Waals surface area contributed by atoms with Crippen LogP contribution < -0.4 is 16.0 Å². The SMILES string of the molecule is CC(C)CC(NC(=O)c1ccc(Cl)cc1Cl)C(=O)NCCNC(=O)c1ccccc1F. The lowest BCUT2D eigenvalue weighted by Crippen LogP contribution is -2.48. The first-order valence-corrected chi connectivity index (χ1v) is 10.5. The minimum Gasteiger partial charge on any atom is -0.353 e. The van der Waals surface area contributed by atoms with E-state index in [2.05, 4.69) is 16.0 Å². The molecule has 0 bridgehead atoms. The Labute approximate surface area is 190 Å². The van der Waals surface area contributed by atoms with Gasteiger partial charge in [-0.3, -0.25) is 14.4 Å². The van der Waals surface area contributed by atoms with Gasteiger partial charge in [-0.1, -0.05) is 49.2 Å². The summed E-state index contributed by atoms with van der Waals surface area (Å²) in [7, 11) is 0. The second-order valence-corrected chi connectivity index (χ2v) is 8.15. The first-order chi connectivity index (χ1) is 14.7. The van der Waals surface area contributed by atoms with Gasteiger partial charge in [0.1, 0.15) is 11.9 Å². The molecule has 166 valence electrons. The van der Waals surface area contributed by atoms with Crippen LogP contribution in [-0.4, -0.2) is 36.9 Å². The number of hydrogen-bond donors (Lipinski definition) is 3. The molecule has 2 rings (SSSR count). The van der Waals surface area contributed by atoms with Crippen molar-refractivity contribution in [1.29, 1.82) is 0 Å². The summed E-state index contributed by atoms with van der Waals surface area (Å²) in [6, 6.07) is 9.32. The van der Waals surface area contributed by atoms with Crippen molar-refractivity contribution in [1.82, 2.24) is 16.0 Å². The van der Waals surface area contributed by atoms with Crippen molar-refractivity contribution in [2.24, 2.45) is 5.92 Å². The zero-order chi connectivity index (χ0) is 23.0. The molecule has 0 heterocycles. The molecule has 1 unspecified atom stereocenters. The first kappa shape index (κ1) is 24.6. The third-order valence-electron chi connectivity index (χ3n) is 4.33. The fourth-order valence-corrected chi connectivity index (χ4v) is 3.33. The molecular formula is C22H24Cl2FN3O3. The third-order valence-corrected chi connectivity index (χ3v) is 4.88. The Hall–Kier alpha value is -2.64. The molecule has 0 radical (unpaired) electrons. The van der Waals surface area contributed by atoms with Gasteiger partial charge in [-0.15, -0.1) is 0 Å². The molecule has 31 heavy (non-hydrogen) atoms. The van der Waals surface area contributed by atoms with Crippen molar-refractivity contribution < 1.29 is 18.8 Å². The number of amides is 3. The van der Waals surface area contributed by atoms with Gasteiger partial charge < -0.3 is 16.0 Å². The largest absolute Gasteiger partial charge is 0.353 e. The number of carbonyl (C=O) groups excluding carboxylic acids is 3. The van der Waals surface area contributed by atoms with Crippen LogP contribution in [0.15, 0.2) is 42.5 Å². The van der Waals surface area contributed by atoms with Gasteiger partial charge in [0, 0.05) is 18.1 Å². The molecule has 0 saturated heterocycles. The van der Waals surface area contributed by atoms with Crippen molar-refractivity contribution in [3.8, 4) is 0 Å². The van der Waals surface area contributed by atoms with Crippen LogP contribution in [0.25, 0.3) is 0 Å². The molecule has 9 heteroatoms. The van der Waals surface area contributed by atoms with E-state index in [0.29, 0.717) is 11.4 Å². The Bertz CT molecular complexity index is 953. The van der Waals surface area contributed by atoms with E-state index in [1.54, 1.807) is 6.07 Å². The number of halogens is 3. The number of carbonyl (C=O) groups is 3. The fourth-order valence-electron chi connectivity index (χ4n) is 2.84. The van der Waals surface area contributed by atoms with Crippen LogP contribution in [0, 0.1) is 11.7 Å². The molecule has 0 aliphatic carbocycles. The quantitative estimate of drug-likeness (QED) is 0.489. The summed E-state index contributed by atoms with van der Waals surface area (Å²) >= 11 is 11.9. The number of rotatable bonds is 9. The Kier molecular flexibility index (Phi) is 9.27. The van der Waals surface area contributed by atoms with E-state index >= 15 is 0 Å². The van der Waals surface area contributed by atoms with E-state index in [-0.39, 0.29) is 35.2 Å². The molecule has 0 saturated carbocycles. The van der Waals surface area contributed by atoms with Gasteiger partial charge >= 0.3 is 0 Å². The van der Waals surface area contributed by atoms with Crippen LogP contribution in [0.1, 0.15) is 41.0 Å². The molecule has 3 amide bonds. The van der Waals surface area contributed by atoms with Gasteiger partial charge in [0.05, 0.1) is 16.1 Å². The Morgan fingerprint density at radius 3 is 2.26 bits per heavy atom. The topological polar surface area (TPSA) is 87.3 Å². The average Bonchev–Trinajstić information content (AvgIpc) is 2.70. The lowest BCUT2D eigenvalue weighted by molar-refractivity contribution is -0.123. The van der Waals surface area contributed by atoms with Crippen LogP contribution in [0.3, 0.4) is 0 Å². The van der Waals surface area contributed by atoms with E-state index < -0.39 is 29.6 Å². The summed E-state index contributed by atoms with van der Waals surface area (Å²) in [5.41, 5.74) is 0.142. The smallest absolute Gasteiger partial charge is 0.254 e. The Balaban J connectivity index is 1.91. The zero-order valence-electron chi connectivity index (χ0n) is 17.2. The van der Waals surface area contributed by atoms with Gasteiger partial charge in [0.15, 0.2) is 0 Å². The average molecular weight is 468 g/mol. The highest BCUT2D eigenvalue weighted by Gasteiger charge is 2.23. The maximum Gasteiger partial charge on any atom is 0.254 e. The van der Waals surface area contributed by atoms with Gasteiger partial charge in [-0.25, -0.2) is 4.39 Å². The van der Waals surface area contributed by atoms with E-state index in [9.17, 15) is 18.8 Å².